The van der Waals surface area contributed by atoms with Crippen molar-refractivity contribution in [2.75, 3.05) is 0 Å². The Kier molecular flexibility index (Phi) is 2.82. The number of benzene rings is 2. The fraction of sp³-hybridized carbons (Fsp3) is 0.100. The fourth-order valence-corrected chi connectivity index (χ4v) is 3.66. The first-order valence-corrected chi connectivity index (χ1v) is 8.20. The topological polar surface area (TPSA) is 35.0 Å². The summed E-state index contributed by atoms with van der Waals surface area (Å²) in [5.41, 5.74) is 6.09. The van der Waals surface area contributed by atoms with Crippen LogP contribution in [0, 0.1) is 6.92 Å². The van der Waals surface area contributed by atoms with Crippen LogP contribution in [-0.4, -0.2) is 9.97 Å². The molecule has 0 bridgehead atoms. The number of aryl methyl sites for hydroxylation is 1. The van der Waals surface area contributed by atoms with E-state index in [0.29, 0.717) is 11.6 Å². The van der Waals surface area contributed by atoms with Gasteiger partial charge in [-0.2, -0.15) is 0 Å². The van der Waals surface area contributed by atoms with E-state index >= 15 is 0 Å². The van der Waals surface area contributed by atoms with Gasteiger partial charge in [0.1, 0.15) is 12.4 Å². The third kappa shape index (κ3) is 1.85. The zero-order valence-corrected chi connectivity index (χ0v) is 13.8. The van der Waals surface area contributed by atoms with Gasteiger partial charge >= 0.3 is 0 Å². The predicted molar refractivity (Wildman–Crippen MR) is 96.6 cm³/mol. The molecule has 2 aromatic carbocycles. The monoisotopic (exact) mass is 332 g/mol. The maximum Gasteiger partial charge on any atom is 0.129 e. The van der Waals surface area contributed by atoms with Crippen molar-refractivity contribution < 1.29 is 4.74 Å². The van der Waals surface area contributed by atoms with Gasteiger partial charge in [0.15, 0.2) is 0 Å². The summed E-state index contributed by atoms with van der Waals surface area (Å²) in [5, 5.41) is 2.95. The zero-order chi connectivity index (χ0) is 16.3. The van der Waals surface area contributed by atoms with E-state index in [9.17, 15) is 0 Å². The molecule has 2 aromatic heterocycles. The lowest BCUT2D eigenvalue weighted by Crippen LogP contribution is -2.10. The van der Waals surface area contributed by atoms with Crippen molar-refractivity contribution in [3.8, 4) is 17.0 Å². The molecule has 4 heteroatoms. The van der Waals surface area contributed by atoms with Gasteiger partial charge in [0.05, 0.1) is 22.9 Å². The van der Waals surface area contributed by atoms with Crippen LogP contribution in [0.15, 0.2) is 48.7 Å². The number of nitrogens with zero attached hydrogens (tertiary/aromatic N) is 2. The molecule has 24 heavy (non-hydrogen) atoms. The van der Waals surface area contributed by atoms with Crippen LogP contribution in [0.2, 0.25) is 5.02 Å². The lowest BCUT2D eigenvalue weighted by molar-refractivity contribution is 0.301. The Morgan fingerprint density at radius 3 is 2.88 bits per heavy atom. The molecule has 1 aliphatic rings. The van der Waals surface area contributed by atoms with Gasteiger partial charge in [0, 0.05) is 26.9 Å². The second-order valence-corrected chi connectivity index (χ2v) is 6.47. The number of halogens is 1. The van der Waals surface area contributed by atoms with Gasteiger partial charge in [0.25, 0.3) is 0 Å². The van der Waals surface area contributed by atoms with Gasteiger partial charge in [-0.15, -0.1) is 0 Å². The molecule has 1 aliphatic heterocycles. The van der Waals surface area contributed by atoms with Gasteiger partial charge in [0.2, 0.25) is 0 Å². The number of para-hydroxylation sites is 1. The first-order chi connectivity index (χ1) is 11.7. The van der Waals surface area contributed by atoms with E-state index in [-0.39, 0.29) is 0 Å². The van der Waals surface area contributed by atoms with Crippen LogP contribution >= 0.6 is 11.6 Å². The summed E-state index contributed by atoms with van der Waals surface area (Å²) in [6.45, 7) is 2.66. The summed E-state index contributed by atoms with van der Waals surface area (Å²) in [4.78, 5) is 9.46. The molecule has 116 valence electrons. The SMILES string of the molecule is Cc1c2c(nc3cnc4ccccc4c13)-c1cc(Cl)ccc1OC2. The molecule has 5 rings (SSSR count). The Balaban J connectivity index is 1.92. The second-order valence-electron chi connectivity index (χ2n) is 6.03. The van der Waals surface area contributed by atoms with E-state index in [1.54, 1.807) is 0 Å². The summed E-state index contributed by atoms with van der Waals surface area (Å²) in [6.07, 6.45) is 1.85. The third-order valence-electron chi connectivity index (χ3n) is 4.67. The first-order valence-electron chi connectivity index (χ1n) is 7.82. The molecular weight excluding hydrogens is 320 g/mol. The zero-order valence-electron chi connectivity index (χ0n) is 13.0. The van der Waals surface area contributed by atoms with Crippen molar-refractivity contribution in [2.24, 2.45) is 0 Å². The molecule has 4 aromatic rings. The molecule has 0 N–H and O–H groups in total. The highest BCUT2D eigenvalue weighted by molar-refractivity contribution is 6.31. The van der Waals surface area contributed by atoms with Crippen LogP contribution in [0.5, 0.6) is 5.75 Å². The predicted octanol–water partition coefficient (Wildman–Crippen LogP) is 5.30. The maximum absolute atomic E-state index is 6.18. The minimum absolute atomic E-state index is 0.523. The summed E-state index contributed by atoms with van der Waals surface area (Å²) >= 11 is 6.18. The molecular formula is C20H13ClN2O. The molecule has 0 radical (unpaired) electrons. The number of rotatable bonds is 0. The van der Waals surface area contributed by atoms with Crippen molar-refractivity contribution in [1.82, 2.24) is 9.97 Å². The molecule has 0 aliphatic carbocycles. The number of hydrogen-bond acceptors (Lipinski definition) is 3. The molecule has 3 heterocycles. The van der Waals surface area contributed by atoms with Crippen LogP contribution in [-0.2, 0) is 6.61 Å². The normalized spacial score (nSPS) is 12.8. The minimum Gasteiger partial charge on any atom is -0.488 e. The number of fused-ring (bicyclic) bond motifs is 6. The van der Waals surface area contributed by atoms with Crippen LogP contribution in [0.1, 0.15) is 11.1 Å². The molecule has 0 fully saturated rings. The molecule has 0 unspecified atom stereocenters. The fourth-order valence-electron chi connectivity index (χ4n) is 3.49. The quantitative estimate of drug-likeness (QED) is 0.410. The van der Waals surface area contributed by atoms with Crippen molar-refractivity contribution in [3.63, 3.8) is 0 Å². The standard InChI is InChI=1S/C20H13ClN2O/c1-11-15-10-24-18-7-6-12(21)8-14(18)20(15)23-17-9-22-16-5-3-2-4-13(16)19(11)17/h2-9H,10H2,1H3. The van der Waals surface area contributed by atoms with Crippen molar-refractivity contribution >= 4 is 33.4 Å². The summed E-state index contributed by atoms with van der Waals surface area (Å²) in [5.74, 6) is 0.826. The van der Waals surface area contributed by atoms with Crippen molar-refractivity contribution in [3.05, 3.63) is 64.8 Å². The van der Waals surface area contributed by atoms with E-state index in [1.165, 1.54) is 5.56 Å². The van der Waals surface area contributed by atoms with Gasteiger partial charge in [-0.3, -0.25) is 4.98 Å². The lowest BCUT2D eigenvalue weighted by atomic mass is 9.95. The lowest BCUT2D eigenvalue weighted by Gasteiger charge is -2.23. The van der Waals surface area contributed by atoms with Gasteiger partial charge < -0.3 is 4.74 Å². The smallest absolute Gasteiger partial charge is 0.129 e. The molecule has 0 saturated heterocycles. The summed E-state index contributed by atoms with van der Waals surface area (Å²) in [6, 6.07) is 13.8. The van der Waals surface area contributed by atoms with Crippen LogP contribution < -0.4 is 4.74 Å². The molecule has 0 amide bonds. The minimum atomic E-state index is 0.523. The largest absolute Gasteiger partial charge is 0.488 e. The molecule has 0 spiro atoms. The second kappa shape index (κ2) is 4.92. The van der Waals surface area contributed by atoms with Crippen LogP contribution in [0.3, 0.4) is 0 Å². The summed E-state index contributed by atoms with van der Waals surface area (Å²) in [7, 11) is 0. The van der Waals surface area contributed by atoms with E-state index in [2.05, 4.69) is 18.0 Å². The van der Waals surface area contributed by atoms with Gasteiger partial charge in [-0.05, 0) is 36.8 Å². The van der Waals surface area contributed by atoms with Crippen molar-refractivity contribution in [2.45, 2.75) is 13.5 Å². The number of ether oxygens (including phenoxy) is 1. The van der Waals surface area contributed by atoms with Gasteiger partial charge in [-0.1, -0.05) is 29.8 Å². The highest BCUT2D eigenvalue weighted by Crippen LogP contribution is 2.41. The highest BCUT2D eigenvalue weighted by atomic mass is 35.5. The molecule has 0 atom stereocenters. The van der Waals surface area contributed by atoms with Crippen LogP contribution in [0.4, 0.5) is 0 Å². The number of hydrogen-bond donors (Lipinski definition) is 0. The molecule has 0 saturated carbocycles. The van der Waals surface area contributed by atoms with E-state index in [0.717, 1.165) is 44.4 Å². The number of aromatic nitrogens is 2. The highest BCUT2D eigenvalue weighted by Gasteiger charge is 2.23. The average molecular weight is 333 g/mol. The van der Waals surface area contributed by atoms with Crippen LogP contribution in [0.25, 0.3) is 33.1 Å². The Bertz CT molecular complexity index is 1140. The summed E-state index contributed by atoms with van der Waals surface area (Å²) < 4.78 is 5.93. The molecule has 3 nitrogen and oxygen atoms in total. The number of pyridine rings is 2. The van der Waals surface area contributed by atoms with E-state index in [4.69, 9.17) is 21.3 Å². The van der Waals surface area contributed by atoms with E-state index in [1.807, 2.05) is 42.6 Å². The maximum atomic E-state index is 6.18. The first kappa shape index (κ1) is 13.8. The van der Waals surface area contributed by atoms with E-state index < -0.39 is 0 Å². The Morgan fingerprint density at radius 2 is 1.96 bits per heavy atom. The Hall–Kier alpha value is -2.65. The average Bonchev–Trinajstić information content (AvgIpc) is 2.61. The Labute approximate surface area is 143 Å². The van der Waals surface area contributed by atoms with Gasteiger partial charge in [-0.25, -0.2) is 4.98 Å². The Morgan fingerprint density at radius 1 is 1.08 bits per heavy atom. The third-order valence-corrected chi connectivity index (χ3v) is 4.91. The van der Waals surface area contributed by atoms with Crippen molar-refractivity contribution in [1.29, 1.82) is 0 Å².